The second kappa shape index (κ2) is 5.23. The zero-order valence-electron chi connectivity index (χ0n) is 8.43. The lowest BCUT2D eigenvalue weighted by Crippen LogP contribution is -2.37. The molecule has 1 N–H and O–H groups in total. The van der Waals surface area contributed by atoms with E-state index in [1.807, 2.05) is 0 Å². The van der Waals surface area contributed by atoms with Crippen LogP contribution in [0.2, 0.25) is 0 Å². The van der Waals surface area contributed by atoms with E-state index in [0.29, 0.717) is 19.8 Å². The first-order valence-electron chi connectivity index (χ1n) is 4.60. The van der Waals surface area contributed by atoms with Crippen LogP contribution in [0, 0.1) is 0 Å². The second-order valence-corrected chi connectivity index (χ2v) is 2.91. The Labute approximate surface area is 87.1 Å². The molecule has 6 heteroatoms. The summed E-state index contributed by atoms with van der Waals surface area (Å²) < 4.78 is 9.98. The summed E-state index contributed by atoms with van der Waals surface area (Å²) in [6.07, 6.45) is 1.22. The molecule has 0 saturated heterocycles. The normalized spacial score (nSPS) is 14.6. The van der Waals surface area contributed by atoms with Gasteiger partial charge in [-0.3, -0.25) is 9.59 Å². The maximum atomic E-state index is 11.7. The van der Waals surface area contributed by atoms with Gasteiger partial charge >= 0.3 is 5.97 Å². The molecule has 1 aliphatic rings. The number of rotatable bonds is 4. The Balaban J connectivity index is 2.63. The average molecular weight is 215 g/mol. The first kappa shape index (κ1) is 11.4. The van der Waals surface area contributed by atoms with Crippen LogP contribution in [-0.4, -0.2) is 48.2 Å². The molecule has 1 rings (SSSR count). The van der Waals surface area contributed by atoms with Gasteiger partial charge < -0.3 is 19.5 Å². The predicted octanol–water partition coefficient (Wildman–Crippen LogP) is -0.192. The van der Waals surface area contributed by atoms with Gasteiger partial charge in [0.05, 0.1) is 0 Å². The molecule has 0 aromatic heterocycles. The summed E-state index contributed by atoms with van der Waals surface area (Å²) in [5.41, 5.74) is 0. The molecule has 0 aromatic rings. The number of hydrogen-bond donors (Lipinski definition) is 1. The SMILES string of the molecule is CCN(CC(=O)O)C(=O)C1=COCCO1. The van der Waals surface area contributed by atoms with Crippen molar-refractivity contribution in [3.8, 4) is 0 Å². The van der Waals surface area contributed by atoms with E-state index in [1.54, 1.807) is 6.92 Å². The zero-order valence-corrected chi connectivity index (χ0v) is 8.43. The van der Waals surface area contributed by atoms with Crippen molar-refractivity contribution in [3.05, 3.63) is 12.0 Å². The minimum absolute atomic E-state index is 0.0596. The van der Waals surface area contributed by atoms with Gasteiger partial charge in [0, 0.05) is 6.54 Å². The van der Waals surface area contributed by atoms with Gasteiger partial charge in [-0.1, -0.05) is 0 Å². The summed E-state index contributed by atoms with van der Waals surface area (Å²) >= 11 is 0. The van der Waals surface area contributed by atoms with Crippen LogP contribution in [-0.2, 0) is 19.1 Å². The van der Waals surface area contributed by atoms with E-state index < -0.39 is 11.9 Å². The molecule has 15 heavy (non-hydrogen) atoms. The van der Waals surface area contributed by atoms with Crippen molar-refractivity contribution in [1.29, 1.82) is 0 Å². The molecule has 0 saturated carbocycles. The van der Waals surface area contributed by atoms with Crippen molar-refractivity contribution < 1.29 is 24.2 Å². The highest BCUT2D eigenvalue weighted by atomic mass is 16.6. The standard InChI is InChI=1S/C9H13NO5/c1-2-10(5-8(11)12)9(13)7-6-14-3-4-15-7/h6H,2-5H2,1H3,(H,11,12). The van der Waals surface area contributed by atoms with Gasteiger partial charge in [-0.15, -0.1) is 0 Å². The molecule has 0 atom stereocenters. The minimum atomic E-state index is -1.05. The van der Waals surface area contributed by atoms with Gasteiger partial charge in [0.1, 0.15) is 26.0 Å². The van der Waals surface area contributed by atoms with Crippen molar-refractivity contribution >= 4 is 11.9 Å². The third-order valence-corrected chi connectivity index (χ3v) is 1.85. The van der Waals surface area contributed by atoms with E-state index in [1.165, 1.54) is 11.2 Å². The summed E-state index contributed by atoms with van der Waals surface area (Å²) in [4.78, 5) is 23.3. The van der Waals surface area contributed by atoms with Gasteiger partial charge in [0.15, 0.2) is 0 Å². The Morgan fingerprint density at radius 1 is 1.53 bits per heavy atom. The molecule has 0 aromatic carbocycles. The lowest BCUT2D eigenvalue weighted by Gasteiger charge is -2.22. The third-order valence-electron chi connectivity index (χ3n) is 1.85. The number of ether oxygens (including phenoxy) is 2. The first-order valence-corrected chi connectivity index (χ1v) is 4.60. The number of carboxylic acids is 1. The zero-order chi connectivity index (χ0) is 11.3. The van der Waals surface area contributed by atoms with E-state index in [9.17, 15) is 9.59 Å². The number of carbonyl (C=O) groups excluding carboxylic acids is 1. The quantitative estimate of drug-likeness (QED) is 0.703. The monoisotopic (exact) mass is 215 g/mol. The van der Waals surface area contributed by atoms with Crippen molar-refractivity contribution in [1.82, 2.24) is 4.90 Å². The molecule has 0 bridgehead atoms. The highest BCUT2D eigenvalue weighted by Crippen LogP contribution is 2.08. The summed E-state index contributed by atoms with van der Waals surface area (Å²) in [7, 11) is 0. The van der Waals surface area contributed by atoms with E-state index >= 15 is 0 Å². The van der Waals surface area contributed by atoms with Crippen LogP contribution in [0.15, 0.2) is 12.0 Å². The van der Waals surface area contributed by atoms with Crippen LogP contribution in [0.4, 0.5) is 0 Å². The Morgan fingerprint density at radius 3 is 2.73 bits per heavy atom. The highest BCUT2D eigenvalue weighted by Gasteiger charge is 2.22. The van der Waals surface area contributed by atoms with Crippen LogP contribution in [0.25, 0.3) is 0 Å². The average Bonchev–Trinajstić information content (AvgIpc) is 2.26. The fraction of sp³-hybridized carbons (Fsp3) is 0.556. The highest BCUT2D eigenvalue weighted by molar-refractivity contribution is 5.93. The number of hydrogen-bond acceptors (Lipinski definition) is 4. The van der Waals surface area contributed by atoms with Gasteiger partial charge in [0.25, 0.3) is 5.91 Å². The number of amides is 1. The molecule has 84 valence electrons. The van der Waals surface area contributed by atoms with Crippen molar-refractivity contribution in [2.45, 2.75) is 6.92 Å². The van der Waals surface area contributed by atoms with Crippen LogP contribution < -0.4 is 0 Å². The summed E-state index contributed by atoms with van der Waals surface area (Å²) in [5.74, 6) is -1.45. The molecule has 0 spiro atoms. The number of carboxylic acid groups (broad SMARTS) is 1. The summed E-state index contributed by atoms with van der Waals surface area (Å²) in [6.45, 7) is 2.39. The molecule has 6 nitrogen and oxygen atoms in total. The largest absolute Gasteiger partial charge is 0.494 e. The van der Waals surface area contributed by atoms with Crippen molar-refractivity contribution in [2.24, 2.45) is 0 Å². The second-order valence-electron chi connectivity index (χ2n) is 2.91. The summed E-state index contributed by atoms with van der Waals surface area (Å²) in [6, 6.07) is 0. The number of carbonyl (C=O) groups is 2. The number of aliphatic carboxylic acids is 1. The smallest absolute Gasteiger partial charge is 0.323 e. The van der Waals surface area contributed by atoms with Gasteiger partial charge in [-0.2, -0.15) is 0 Å². The van der Waals surface area contributed by atoms with Gasteiger partial charge in [-0.25, -0.2) is 0 Å². The Hall–Kier alpha value is -1.72. The lowest BCUT2D eigenvalue weighted by atomic mass is 10.4. The van der Waals surface area contributed by atoms with E-state index in [2.05, 4.69) is 0 Å². The lowest BCUT2D eigenvalue weighted by molar-refractivity contribution is -0.144. The molecule has 0 unspecified atom stereocenters. The minimum Gasteiger partial charge on any atom is -0.494 e. The topological polar surface area (TPSA) is 76.1 Å². The van der Waals surface area contributed by atoms with Crippen molar-refractivity contribution in [2.75, 3.05) is 26.3 Å². The maximum absolute atomic E-state index is 11.7. The van der Waals surface area contributed by atoms with Gasteiger partial charge in [-0.05, 0) is 6.92 Å². The maximum Gasteiger partial charge on any atom is 0.323 e. The van der Waals surface area contributed by atoms with Crippen LogP contribution >= 0.6 is 0 Å². The molecule has 0 radical (unpaired) electrons. The van der Waals surface area contributed by atoms with Crippen LogP contribution in [0.1, 0.15) is 6.92 Å². The first-order chi connectivity index (χ1) is 7.15. The number of nitrogens with zero attached hydrogens (tertiary/aromatic N) is 1. The molecule has 1 aliphatic heterocycles. The Morgan fingerprint density at radius 2 is 2.27 bits per heavy atom. The Bertz CT molecular complexity index is 286. The molecule has 0 fully saturated rings. The van der Waals surface area contributed by atoms with E-state index in [0.717, 1.165) is 0 Å². The molecular formula is C9H13NO5. The number of likely N-dealkylation sites (N-methyl/N-ethyl adjacent to an activating group) is 1. The fourth-order valence-electron chi connectivity index (χ4n) is 1.13. The third kappa shape index (κ3) is 3.16. The van der Waals surface area contributed by atoms with Crippen molar-refractivity contribution in [3.63, 3.8) is 0 Å². The molecule has 1 amide bonds. The van der Waals surface area contributed by atoms with Crippen LogP contribution in [0.3, 0.4) is 0 Å². The van der Waals surface area contributed by atoms with E-state index in [4.69, 9.17) is 14.6 Å². The predicted molar refractivity (Wildman–Crippen MR) is 49.9 cm³/mol. The van der Waals surface area contributed by atoms with Crippen LogP contribution in [0.5, 0.6) is 0 Å². The fourth-order valence-corrected chi connectivity index (χ4v) is 1.13. The Kier molecular flexibility index (Phi) is 3.96. The molecule has 1 heterocycles. The molecular weight excluding hydrogens is 202 g/mol. The molecule has 0 aliphatic carbocycles. The van der Waals surface area contributed by atoms with Gasteiger partial charge in [0.2, 0.25) is 5.76 Å². The summed E-state index contributed by atoms with van der Waals surface area (Å²) in [5, 5.41) is 8.58. The van der Waals surface area contributed by atoms with E-state index in [-0.39, 0.29) is 12.3 Å².